The smallest absolute Gasteiger partial charge is 0.323 e. The van der Waals surface area contributed by atoms with E-state index in [9.17, 15) is 5.11 Å². The summed E-state index contributed by atoms with van der Waals surface area (Å²) in [5, 5.41) is 13.0. The van der Waals surface area contributed by atoms with E-state index in [2.05, 4.69) is 20.3 Å². The maximum atomic E-state index is 10.1. The number of anilines is 2. The maximum absolute atomic E-state index is 10.1. The fourth-order valence-corrected chi connectivity index (χ4v) is 1.39. The van der Waals surface area contributed by atoms with Gasteiger partial charge in [0, 0.05) is 26.7 Å². The van der Waals surface area contributed by atoms with Crippen LogP contribution in [0.2, 0.25) is 0 Å². The SMILES string of the molecule is CCCOc1nc(N)nc(NCC(C)(O)CCOC)n1. The van der Waals surface area contributed by atoms with Gasteiger partial charge in [-0.05, 0) is 13.3 Å². The average Bonchev–Trinajstić information content (AvgIpc) is 2.40. The molecule has 0 radical (unpaired) electrons. The minimum atomic E-state index is -0.929. The number of hydrogen-bond acceptors (Lipinski definition) is 8. The van der Waals surface area contributed by atoms with Gasteiger partial charge in [-0.3, -0.25) is 0 Å². The van der Waals surface area contributed by atoms with E-state index in [4.69, 9.17) is 15.2 Å². The number of ether oxygens (including phenoxy) is 2. The molecular weight excluding hydrogens is 262 g/mol. The lowest BCUT2D eigenvalue weighted by atomic mass is 10.0. The molecule has 20 heavy (non-hydrogen) atoms. The summed E-state index contributed by atoms with van der Waals surface area (Å²) >= 11 is 0. The van der Waals surface area contributed by atoms with Crippen LogP contribution in [0, 0.1) is 0 Å². The van der Waals surface area contributed by atoms with Crippen LogP contribution in [0.4, 0.5) is 11.9 Å². The third kappa shape index (κ3) is 5.98. The van der Waals surface area contributed by atoms with Gasteiger partial charge in [0.15, 0.2) is 0 Å². The fraction of sp³-hybridized carbons (Fsp3) is 0.750. The highest BCUT2D eigenvalue weighted by atomic mass is 16.5. The monoisotopic (exact) mass is 285 g/mol. The molecule has 0 aliphatic carbocycles. The van der Waals surface area contributed by atoms with Crippen LogP contribution in [0.15, 0.2) is 0 Å². The van der Waals surface area contributed by atoms with Crippen molar-refractivity contribution >= 4 is 11.9 Å². The van der Waals surface area contributed by atoms with Crippen LogP contribution in [0.25, 0.3) is 0 Å². The summed E-state index contributed by atoms with van der Waals surface area (Å²) in [6.45, 7) is 4.94. The summed E-state index contributed by atoms with van der Waals surface area (Å²) in [6.07, 6.45) is 1.34. The van der Waals surface area contributed by atoms with Crippen molar-refractivity contribution in [1.82, 2.24) is 15.0 Å². The van der Waals surface area contributed by atoms with Crippen molar-refractivity contribution in [3.8, 4) is 6.01 Å². The number of nitrogens with zero attached hydrogens (tertiary/aromatic N) is 3. The Balaban J connectivity index is 2.60. The highest BCUT2D eigenvalue weighted by Crippen LogP contribution is 2.13. The Kier molecular flexibility index (Phi) is 6.40. The van der Waals surface area contributed by atoms with Gasteiger partial charge in [0.25, 0.3) is 0 Å². The Morgan fingerprint density at radius 1 is 1.30 bits per heavy atom. The highest BCUT2D eigenvalue weighted by Gasteiger charge is 2.20. The highest BCUT2D eigenvalue weighted by molar-refractivity contribution is 5.32. The van der Waals surface area contributed by atoms with Gasteiger partial charge in [0.2, 0.25) is 11.9 Å². The Hall–Kier alpha value is -1.67. The standard InChI is InChI=1S/C12H23N5O3/c1-4-6-20-11-16-9(13)15-10(17-11)14-8-12(2,18)5-7-19-3/h18H,4-8H2,1-3H3,(H3,13,14,15,16,17). The van der Waals surface area contributed by atoms with Crippen molar-refractivity contribution in [3.05, 3.63) is 0 Å². The minimum Gasteiger partial charge on any atom is -0.463 e. The normalized spacial score (nSPS) is 13.8. The average molecular weight is 285 g/mol. The van der Waals surface area contributed by atoms with Crippen molar-refractivity contribution in [2.24, 2.45) is 0 Å². The lowest BCUT2D eigenvalue weighted by Gasteiger charge is -2.23. The molecule has 0 amide bonds. The third-order valence-electron chi connectivity index (χ3n) is 2.54. The summed E-state index contributed by atoms with van der Waals surface area (Å²) in [6, 6.07) is 0.179. The summed E-state index contributed by atoms with van der Waals surface area (Å²) in [5.41, 5.74) is 4.66. The fourth-order valence-electron chi connectivity index (χ4n) is 1.39. The molecule has 1 rings (SSSR count). The third-order valence-corrected chi connectivity index (χ3v) is 2.54. The Bertz CT molecular complexity index is 414. The first-order valence-electron chi connectivity index (χ1n) is 6.56. The van der Waals surface area contributed by atoms with Crippen LogP contribution in [0.5, 0.6) is 6.01 Å². The number of nitrogens with one attached hydrogen (secondary N) is 1. The number of rotatable bonds is 9. The molecule has 1 aromatic heterocycles. The molecule has 8 heteroatoms. The van der Waals surface area contributed by atoms with Gasteiger partial charge in [-0.1, -0.05) is 6.92 Å². The van der Waals surface area contributed by atoms with Gasteiger partial charge in [0.1, 0.15) is 0 Å². The molecule has 0 fully saturated rings. The van der Waals surface area contributed by atoms with E-state index in [1.807, 2.05) is 6.92 Å². The van der Waals surface area contributed by atoms with Crippen molar-refractivity contribution in [2.75, 3.05) is 37.9 Å². The second kappa shape index (κ2) is 7.81. The Morgan fingerprint density at radius 3 is 2.70 bits per heavy atom. The zero-order valence-corrected chi connectivity index (χ0v) is 12.2. The molecule has 0 aliphatic rings. The van der Waals surface area contributed by atoms with Crippen molar-refractivity contribution in [3.63, 3.8) is 0 Å². The molecule has 114 valence electrons. The molecule has 0 aromatic carbocycles. The van der Waals surface area contributed by atoms with Gasteiger partial charge in [-0.25, -0.2) is 0 Å². The molecule has 0 aliphatic heterocycles. The van der Waals surface area contributed by atoms with Crippen LogP contribution >= 0.6 is 0 Å². The maximum Gasteiger partial charge on any atom is 0.323 e. The van der Waals surface area contributed by atoms with Gasteiger partial charge < -0.3 is 25.6 Å². The Morgan fingerprint density at radius 2 is 2.05 bits per heavy atom. The zero-order chi connectivity index (χ0) is 15.0. The number of aromatic nitrogens is 3. The van der Waals surface area contributed by atoms with Crippen molar-refractivity contribution < 1.29 is 14.6 Å². The predicted octanol–water partition coefficient (Wildman–Crippen LogP) is 0.442. The molecule has 4 N–H and O–H groups in total. The van der Waals surface area contributed by atoms with Crippen molar-refractivity contribution in [2.45, 2.75) is 32.3 Å². The summed E-state index contributed by atoms with van der Waals surface area (Å²) in [5.74, 6) is 0.353. The molecule has 1 unspecified atom stereocenters. The number of nitrogen functional groups attached to an aromatic ring is 1. The van der Waals surface area contributed by atoms with E-state index in [0.717, 1.165) is 6.42 Å². The largest absolute Gasteiger partial charge is 0.463 e. The van der Waals surface area contributed by atoms with E-state index in [1.54, 1.807) is 14.0 Å². The molecule has 8 nitrogen and oxygen atoms in total. The van der Waals surface area contributed by atoms with Crippen LogP contribution in [0.1, 0.15) is 26.7 Å². The second-order valence-electron chi connectivity index (χ2n) is 4.74. The van der Waals surface area contributed by atoms with Gasteiger partial charge in [-0.15, -0.1) is 0 Å². The molecule has 1 aromatic rings. The van der Waals surface area contributed by atoms with Gasteiger partial charge >= 0.3 is 6.01 Å². The summed E-state index contributed by atoms with van der Waals surface area (Å²) in [7, 11) is 1.59. The van der Waals surface area contributed by atoms with E-state index >= 15 is 0 Å². The number of hydrogen-bond donors (Lipinski definition) is 3. The quantitative estimate of drug-likeness (QED) is 0.598. The molecule has 1 atom stereocenters. The minimum absolute atomic E-state index is 0.0742. The summed E-state index contributed by atoms with van der Waals surface area (Å²) in [4.78, 5) is 11.9. The number of nitrogens with two attached hydrogens (primary N) is 1. The lowest BCUT2D eigenvalue weighted by Crippen LogP contribution is -2.35. The molecule has 0 saturated heterocycles. The molecule has 0 bridgehead atoms. The second-order valence-corrected chi connectivity index (χ2v) is 4.74. The Labute approximate surface area is 118 Å². The molecule has 1 heterocycles. The topological polar surface area (TPSA) is 115 Å². The summed E-state index contributed by atoms with van der Waals surface area (Å²) < 4.78 is 10.3. The molecule has 0 spiro atoms. The first kappa shape index (κ1) is 16.4. The van der Waals surface area contributed by atoms with Crippen LogP contribution in [-0.4, -0.2) is 52.5 Å². The van der Waals surface area contributed by atoms with E-state index in [1.165, 1.54) is 0 Å². The zero-order valence-electron chi connectivity index (χ0n) is 12.2. The van der Waals surface area contributed by atoms with E-state index < -0.39 is 5.60 Å². The van der Waals surface area contributed by atoms with Gasteiger partial charge in [0.05, 0.1) is 12.2 Å². The molecular formula is C12H23N5O3. The first-order chi connectivity index (χ1) is 9.46. The van der Waals surface area contributed by atoms with Crippen molar-refractivity contribution in [1.29, 1.82) is 0 Å². The van der Waals surface area contributed by atoms with Crippen LogP contribution < -0.4 is 15.8 Å². The van der Waals surface area contributed by atoms with E-state index in [0.29, 0.717) is 19.6 Å². The number of aliphatic hydroxyl groups is 1. The molecule has 0 saturated carbocycles. The predicted molar refractivity (Wildman–Crippen MR) is 75.6 cm³/mol. The van der Waals surface area contributed by atoms with Gasteiger partial charge in [-0.2, -0.15) is 15.0 Å². The number of methoxy groups -OCH3 is 1. The van der Waals surface area contributed by atoms with Crippen LogP contribution in [-0.2, 0) is 4.74 Å². The first-order valence-corrected chi connectivity index (χ1v) is 6.56. The van der Waals surface area contributed by atoms with E-state index in [-0.39, 0.29) is 24.5 Å². The van der Waals surface area contributed by atoms with Crippen LogP contribution in [0.3, 0.4) is 0 Å². The lowest BCUT2D eigenvalue weighted by molar-refractivity contribution is 0.0356.